The Balaban J connectivity index is 2.22. The number of halogens is 1. The van der Waals surface area contributed by atoms with Crippen LogP contribution in [0.1, 0.15) is 34.0 Å². The summed E-state index contributed by atoms with van der Waals surface area (Å²) < 4.78 is 13.7. The number of primary amides is 1. The van der Waals surface area contributed by atoms with E-state index in [-0.39, 0.29) is 17.3 Å². The molecule has 1 amide bonds. The number of hydrogen-bond donors (Lipinski definition) is 2. The molecule has 2 rings (SSSR count). The zero-order valence-corrected chi connectivity index (χ0v) is 11.4. The first kappa shape index (κ1) is 13.5. The molecule has 1 heterocycles. The van der Waals surface area contributed by atoms with Gasteiger partial charge in [0.1, 0.15) is 5.82 Å². The maximum Gasteiger partial charge on any atom is 0.248 e. The zero-order valence-electron chi connectivity index (χ0n) is 10.6. The van der Waals surface area contributed by atoms with Crippen LogP contribution in [-0.4, -0.2) is 10.9 Å². The van der Waals surface area contributed by atoms with Crippen LogP contribution in [-0.2, 0) is 0 Å². The van der Waals surface area contributed by atoms with Gasteiger partial charge < -0.3 is 11.1 Å². The average molecular weight is 279 g/mol. The third-order valence-electron chi connectivity index (χ3n) is 2.70. The number of hydrogen-bond acceptors (Lipinski definition) is 4. The maximum atomic E-state index is 13.7. The first-order valence-corrected chi connectivity index (χ1v) is 6.63. The van der Waals surface area contributed by atoms with E-state index >= 15 is 0 Å². The number of anilines is 1. The minimum Gasteiger partial charge on any atom is -0.375 e. The molecule has 19 heavy (non-hydrogen) atoms. The normalized spacial score (nSPS) is 12.2. The van der Waals surface area contributed by atoms with Gasteiger partial charge in [0.2, 0.25) is 5.91 Å². The highest BCUT2D eigenvalue weighted by molar-refractivity contribution is 7.09. The number of carbonyl (C=O) groups is 1. The van der Waals surface area contributed by atoms with E-state index in [0.717, 1.165) is 10.7 Å². The summed E-state index contributed by atoms with van der Waals surface area (Å²) in [6.07, 6.45) is 0. The Bertz CT molecular complexity index is 612. The Labute approximate surface area is 114 Å². The Hall–Kier alpha value is -1.95. The number of nitrogens with zero attached hydrogens (tertiary/aromatic N) is 1. The Morgan fingerprint density at radius 3 is 2.84 bits per heavy atom. The van der Waals surface area contributed by atoms with Crippen molar-refractivity contribution in [2.45, 2.75) is 19.9 Å². The van der Waals surface area contributed by atoms with Crippen LogP contribution in [0.5, 0.6) is 0 Å². The van der Waals surface area contributed by atoms with Crippen molar-refractivity contribution >= 4 is 22.9 Å². The largest absolute Gasteiger partial charge is 0.375 e. The molecule has 2 aromatic rings. The summed E-state index contributed by atoms with van der Waals surface area (Å²) in [6, 6.07) is 3.84. The predicted octanol–water partition coefficient (Wildman–Crippen LogP) is 2.86. The first-order chi connectivity index (χ1) is 8.97. The van der Waals surface area contributed by atoms with E-state index in [1.165, 1.54) is 29.5 Å². The van der Waals surface area contributed by atoms with Crippen molar-refractivity contribution in [1.29, 1.82) is 0 Å². The molecule has 0 aliphatic carbocycles. The Morgan fingerprint density at radius 2 is 2.26 bits per heavy atom. The smallest absolute Gasteiger partial charge is 0.248 e. The number of amides is 1. The molecule has 0 radical (unpaired) electrons. The zero-order chi connectivity index (χ0) is 14.0. The summed E-state index contributed by atoms with van der Waals surface area (Å²) in [5, 5.41) is 5.87. The van der Waals surface area contributed by atoms with E-state index in [0.29, 0.717) is 0 Å². The molecule has 0 saturated carbocycles. The summed E-state index contributed by atoms with van der Waals surface area (Å²) in [5.74, 6) is -1.01. The highest BCUT2D eigenvalue weighted by Crippen LogP contribution is 2.23. The molecule has 0 bridgehead atoms. The standard InChI is InChI=1S/C13H14FN3OS/c1-7(12-6-19-8(2)17-12)16-11-5-9(13(15)18)3-4-10(11)14/h3-7,16H,1-2H3,(H2,15,18). The Kier molecular flexibility index (Phi) is 3.80. The molecule has 1 aromatic carbocycles. The predicted molar refractivity (Wildman–Crippen MR) is 73.8 cm³/mol. The van der Waals surface area contributed by atoms with Gasteiger partial charge in [0.05, 0.1) is 22.4 Å². The summed E-state index contributed by atoms with van der Waals surface area (Å²) in [4.78, 5) is 15.4. The van der Waals surface area contributed by atoms with E-state index < -0.39 is 11.7 Å². The lowest BCUT2D eigenvalue weighted by Crippen LogP contribution is -2.13. The number of aromatic nitrogens is 1. The summed E-state index contributed by atoms with van der Waals surface area (Å²) in [5.41, 5.74) is 6.53. The quantitative estimate of drug-likeness (QED) is 0.904. The molecule has 6 heteroatoms. The number of nitrogens with one attached hydrogen (secondary N) is 1. The molecule has 1 aromatic heterocycles. The van der Waals surface area contributed by atoms with Gasteiger partial charge in [0, 0.05) is 10.9 Å². The molecule has 1 unspecified atom stereocenters. The van der Waals surface area contributed by atoms with Gasteiger partial charge in [-0.15, -0.1) is 11.3 Å². The lowest BCUT2D eigenvalue weighted by molar-refractivity contribution is 0.100. The van der Waals surface area contributed by atoms with E-state index in [9.17, 15) is 9.18 Å². The molecule has 0 fully saturated rings. The van der Waals surface area contributed by atoms with Crippen LogP contribution in [0.15, 0.2) is 23.6 Å². The van der Waals surface area contributed by atoms with Gasteiger partial charge in [-0.1, -0.05) is 0 Å². The fourth-order valence-electron chi connectivity index (χ4n) is 1.68. The SMILES string of the molecule is Cc1nc(C(C)Nc2cc(C(N)=O)ccc2F)cs1. The third-order valence-corrected chi connectivity index (χ3v) is 3.50. The monoisotopic (exact) mass is 279 g/mol. The van der Waals surface area contributed by atoms with Crippen LogP contribution in [0, 0.1) is 12.7 Å². The van der Waals surface area contributed by atoms with Crippen LogP contribution >= 0.6 is 11.3 Å². The molecule has 0 aliphatic heterocycles. The number of rotatable bonds is 4. The molecule has 3 N–H and O–H groups in total. The molecule has 100 valence electrons. The van der Waals surface area contributed by atoms with Gasteiger partial charge >= 0.3 is 0 Å². The summed E-state index contributed by atoms with van der Waals surface area (Å²) >= 11 is 1.54. The number of carbonyl (C=O) groups excluding carboxylic acids is 1. The molecule has 0 aliphatic rings. The van der Waals surface area contributed by atoms with E-state index in [1.54, 1.807) is 0 Å². The van der Waals surface area contributed by atoms with Crippen LogP contribution in [0.4, 0.5) is 10.1 Å². The highest BCUT2D eigenvalue weighted by Gasteiger charge is 2.12. The number of aryl methyl sites for hydroxylation is 1. The molecule has 0 spiro atoms. The van der Waals surface area contributed by atoms with Crippen molar-refractivity contribution in [2.75, 3.05) is 5.32 Å². The van der Waals surface area contributed by atoms with Crippen LogP contribution in [0.3, 0.4) is 0 Å². The Morgan fingerprint density at radius 1 is 1.53 bits per heavy atom. The van der Waals surface area contributed by atoms with Crippen molar-refractivity contribution in [3.63, 3.8) is 0 Å². The van der Waals surface area contributed by atoms with Gasteiger partial charge in [-0.05, 0) is 32.0 Å². The van der Waals surface area contributed by atoms with Crippen LogP contribution < -0.4 is 11.1 Å². The van der Waals surface area contributed by atoms with Crippen molar-refractivity contribution in [3.05, 3.63) is 45.7 Å². The lowest BCUT2D eigenvalue weighted by Gasteiger charge is -2.14. The third kappa shape index (κ3) is 3.08. The summed E-state index contributed by atoms with van der Waals surface area (Å²) in [7, 11) is 0. The van der Waals surface area contributed by atoms with Crippen molar-refractivity contribution in [2.24, 2.45) is 5.73 Å². The van der Waals surface area contributed by atoms with Crippen molar-refractivity contribution < 1.29 is 9.18 Å². The van der Waals surface area contributed by atoms with Gasteiger partial charge in [-0.2, -0.15) is 0 Å². The fraction of sp³-hybridized carbons (Fsp3) is 0.231. The molecular formula is C13H14FN3OS. The topological polar surface area (TPSA) is 68.0 Å². The maximum absolute atomic E-state index is 13.7. The van der Waals surface area contributed by atoms with Crippen molar-refractivity contribution in [3.8, 4) is 0 Å². The minimum atomic E-state index is -0.583. The van der Waals surface area contributed by atoms with Gasteiger partial charge in [-0.3, -0.25) is 4.79 Å². The van der Waals surface area contributed by atoms with E-state index in [1.807, 2.05) is 19.2 Å². The van der Waals surface area contributed by atoms with E-state index in [4.69, 9.17) is 5.73 Å². The second-order valence-electron chi connectivity index (χ2n) is 4.22. The lowest BCUT2D eigenvalue weighted by atomic mass is 10.1. The second kappa shape index (κ2) is 5.36. The van der Waals surface area contributed by atoms with Crippen LogP contribution in [0.2, 0.25) is 0 Å². The first-order valence-electron chi connectivity index (χ1n) is 5.75. The molecule has 1 atom stereocenters. The minimum absolute atomic E-state index is 0.150. The number of nitrogens with two attached hydrogens (primary N) is 1. The van der Waals surface area contributed by atoms with Gasteiger partial charge in [-0.25, -0.2) is 9.37 Å². The molecular weight excluding hydrogens is 265 g/mol. The van der Waals surface area contributed by atoms with E-state index in [2.05, 4.69) is 10.3 Å². The second-order valence-corrected chi connectivity index (χ2v) is 5.28. The molecule has 0 saturated heterocycles. The van der Waals surface area contributed by atoms with Gasteiger partial charge in [0.25, 0.3) is 0 Å². The van der Waals surface area contributed by atoms with Crippen LogP contribution in [0.25, 0.3) is 0 Å². The fourth-order valence-corrected chi connectivity index (χ4v) is 2.38. The molecule has 4 nitrogen and oxygen atoms in total. The average Bonchev–Trinajstić information content (AvgIpc) is 2.78. The van der Waals surface area contributed by atoms with Crippen molar-refractivity contribution in [1.82, 2.24) is 4.98 Å². The number of benzene rings is 1. The van der Waals surface area contributed by atoms with Gasteiger partial charge in [0.15, 0.2) is 0 Å². The highest BCUT2D eigenvalue weighted by atomic mass is 32.1. The number of thiazole rings is 1. The summed E-state index contributed by atoms with van der Waals surface area (Å²) in [6.45, 7) is 3.79.